The first-order valence-electron chi connectivity index (χ1n) is 7.27. The van der Waals surface area contributed by atoms with E-state index in [1.165, 1.54) is 19.1 Å². The van der Waals surface area contributed by atoms with Crippen molar-refractivity contribution in [1.82, 2.24) is 9.38 Å². The van der Waals surface area contributed by atoms with Crippen LogP contribution in [0, 0.1) is 12.7 Å². The highest BCUT2D eigenvalue weighted by Gasteiger charge is 2.08. The Hall–Kier alpha value is -2.89. The average Bonchev–Trinajstić information content (AvgIpc) is 2.92. The van der Waals surface area contributed by atoms with Crippen LogP contribution in [0.4, 0.5) is 15.8 Å². The fourth-order valence-electron chi connectivity index (χ4n) is 2.46. The van der Waals surface area contributed by atoms with E-state index in [1.54, 1.807) is 12.3 Å². The lowest BCUT2D eigenvalue weighted by Gasteiger charge is -2.10. The van der Waals surface area contributed by atoms with E-state index in [-0.39, 0.29) is 11.7 Å². The molecule has 0 bridgehead atoms. The van der Waals surface area contributed by atoms with E-state index in [4.69, 9.17) is 0 Å². The van der Waals surface area contributed by atoms with E-state index in [0.29, 0.717) is 17.9 Å². The Labute approximate surface area is 133 Å². The molecule has 0 atom stereocenters. The van der Waals surface area contributed by atoms with Crippen LogP contribution in [0.5, 0.6) is 0 Å². The van der Waals surface area contributed by atoms with Gasteiger partial charge < -0.3 is 15.0 Å². The first-order valence-corrected chi connectivity index (χ1v) is 7.27. The number of carbonyl (C=O) groups excluding carboxylic acids is 1. The maximum atomic E-state index is 13.9. The number of aryl methyl sites for hydroxylation is 1. The Bertz CT molecular complexity index is 872. The highest BCUT2D eigenvalue weighted by molar-refractivity contribution is 5.89. The second-order valence-corrected chi connectivity index (χ2v) is 5.36. The van der Waals surface area contributed by atoms with Crippen molar-refractivity contribution in [3.8, 4) is 0 Å². The zero-order chi connectivity index (χ0) is 16.4. The number of fused-ring (bicyclic) bond motifs is 1. The molecule has 1 amide bonds. The van der Waals surface area contributed by atoms with Crippen LogP contribution < -0.4 is 10.6 Å². The molecular weight excluding hydrogens is 295 g/mol. The zero-order valence-electron chi connectivity index (χ0n) is 12.9. The molecule has 118 valence electrons. The van der Waals surface area contributed by atoms with Crippen molar-refractivity contribution in [3.63, 3.8) is 0 Å². The summed E-state index contributed by atoms with van der Waals surface area (Å²) in [5.41, 5.74) is 3.77. The van der Waals surface area contributed by atoms with Crippen molar-refractivity contribution in [3.05, 3.63) is 59.8 Å². The normalized spacial score (nSPS) is 10.7. The number of hydrogen-bond acceptors (Lipinski definition) is 3. The number of rotatable bonds is 4. The van der Waals surface area contributed by atoms with Gasteiger partial charge >= 0.3 is 0 Å². The Morgan fingerprint density at radius 1 is 1.35 bits per heavy atom. The SMILES string of the molecule is CC(=O)Nc1ccc(F)c(NCc2cnc3c(C)cccn23)c1. The van der Waals surface area contributed by atoms with Gasteiger partial charge in [-0.25, -0.2) is 9.37 Å². The van der Waals surface area contributed by atoms with E-state index >= 15 is 0 Å². The molecule has 2 heterocycles. The van der Waals surface area contributed by atoms with E-state index in [9.17, 15) is 9.18 Å². The fraction of sp³-hybridized carbons (Fsp3) is 0.176. The van der Waals surface area contributed by atoms with Gasteiger partial charge in [-0.1, -0.05) is 6.07 Å². The predicted octanol–water partition coefficient (Wildman–Crippen LogP) is 3.35. The minimum absolute atomic E-state index is 0.195. The number of pyridine rings is 1. The third-order valence-corrected chi connectivity index (χ3v) is 3.55. The number of amides is 1. The molecule has 0 aliphatic rings. The number of carbonyl (C=O) groups is 1. The summed E-state index contributed by atoms with van der Waals surface area (Å²) in [6, 6.07) is 8.37. The van der Waals surface area contributed by atoms with Gasteiger partial charge in [0.25, 0.3) is 0 Å². The first kappa shape index (κ1) is 15.0. The molecule has 3 rings (SSSR count). The lowest BCUT2D eigenvalue weighted by atomic mass is 10.2. The third-order valence-electron chi connectivity index (χ3n) is 3.55. The van der Waals surface area contributed by atoms with E-state index in [2.05, 4.69) is 15.6 Å². The standard InChI is InChI=1S/C17H17FN4O/c1-11-4-3-7-22-14(10-20-17(11)22)9-19-16-8-13(21-12(2)23)5-6-15(16)18/h3-8,10,19H,9H2,1-2H3,(H,21,23). The van der Waals surface area contributed by atoms with Crippen molar-refractivity contribution < 1.29 is 9.18 Å². The van der Waals surface area contributed by atoms with Gasteiger partial charge in [0.2, 0.25) is 5.91 Å². The van der Waals surface area contributed by atoms with Crippen LogP contribution in [0.1, 0.15) is 18.2 Å². The van der Waals surface area contributed by atoms with Gasteiger partial charge in [0.05, 0.1) is 24.1 Å². The van der Waals surface area contributed by atoms with Crippen molar-refractivity contribution >= 4 is 22.9 Å². The molecule has 0 aliphatic carbocycles. The van der Waals surface area contributed by atoms with Crippen LogP contribution in [0.25, 0.3) is 5.65 Å². The van der Waals surface area contributed by atoms with Crippen molar-refractivity contribution in [2.24, 2.45) is 0 Å². The van der Waals surface area contributed by atoms with Gasteiger partial charge in [0, 0.05) is 18.8 Å². The van der Waals surface area contributed by atoms with Gasteiger partial charge in [-0.3, -0.25) is 4.79 Å². The second-order valence-electron chi connectivity index (χ2n) is 5.36. The van der Waals surface area contributed by atoms with Crippen LogP contribution in [0.15, 0.2) is 42.7 Å². The Balaban J connectivity index is 1.82. The molecule has 2 aromatic heterocycles. The molecule has 3 aromatic rings. The number of imidazole rings is 1. The van der Waals surface area contributed by atoms with Gasteiger partial charge in [-0.2, -0.15) is 0 Å². The molecule has 0 aliphatic heterocycles. The van der Waals surface area contributed by atoms with E-state index in [1.807, 2.05) is 29.7 Å². The number of benzene rings is 1. The summed E-state index contributed by atoms with van der Waals surface area (Å²) in [7, 11) is 0. The third kappa shape index (κ3) is 3.15. The molecule has 6 heteroatoms. The molecule has 0 unspecified atom stereocenters. The lowest BCUT2D eigenvalue weighted by molar-refractivity contribution is -0.114. The maximum Gasteiger partial charge on any atom is 0.221 e. The highest BCUT2D eigenvalue weighted by atomic mass is 19.1. The molecule has 0 spiro atoms. The monoisotopic (exact) mass is 312 g/mol. The number of halogens is 1. The molecule has 5 nitrogen and oxygen atoms in total. The van der Waals surface area contributed by atoms with Crippen LogP contribution in [-0.4, -0.2) is 15.3 Å². The molecule has 1 aromatic carbocycles. The molecule has 2 N–H and O–H groups in total. The van der Waals surface area contributed by atoms with Crippen LogP contribution in [-0.2, 0) is 11.3 Å². The quantitative estimate of drug-likeness (QED) is 0.776. The Kier molecular flexibility index (Phi) is 3.97. The van der Waals surface area contributed by atoms with Crippen molar-refractivity contribution in [1.29, 1.82) is 0 Å². The van der Waals surface area contributed by atoms with Crippen LogP contribution in [0.2, 0.25) is 0 Å². The Morgan fingerprint density at radius 3 is 2.96 bits per heavy atom. The van der Waals surface area contributed by atoms with Gasteiger partial charge in [0.15, 0.2) is 0 Å². The molecular formula is C17H17FN4O. The van der Waals surface area contributed by atoms with Gasteiger partial charge in [-0.05, 0) is 36.8 Å². The minimum atomic E-state index is -0.371. The summed E-state index contributed by atoms with van der Waals surface area (Å²) >= 11 is 0. The summed E-state index contributed by atoms with van der Waals surface area (Å²) in [5, 5.41) is 5.69. The number of hydrogen-bond donors (Lipinski definition) is 2. The zero-order valence-corrected chi connectivity index (χ0v) is 12.9. The maximum absolute atomic E-state index is 13.9. The average molecular weight is 312 g/mol. The van der Waals surface area contributed by atoms with Crippen molar-refractivity contribution in [2.75, 3.05) is 10.6 Å². The van der Waals surface area contributed by atoms with Crippen LogP contribution >= 0.6 is 0 Å². The summed E-state index contributed by atoms with van der Waals surface area (Å²) < 4.78 is 15.9. The molecule has 0 saturated carbocycles. The molecule has 0 saturated heterocycles. The molecule has 23 heavy (non-hydrogen) atoms. The molecule has 0 fully saturated rings. The summed E-state index contributed by atoms with van der Waals surface area (Å²) in [6.45, 7) is 3.83. The smallest absolute Gasteiger partial charge is 0.221 e. The van der Waals surface area contributed by atoms with E-state index in [0.717, 1.165) is 16.9 Å². The Morgan fingerprint density at radius 2 is 2.17 bits per heavy atom. The number of nitrogens with zero attached hydrogens (tertiary/aromatic N) is 2. The number of aromatic nitrogens is 2. The first-order chi connectivity index (χ1) is 11.0. The molecule has 0 radical (unpaired) electrons. The van der Waals surface area contributed by atoms with Crippen LogP contribution in [0.3, 0.4) is 0 Å². The number of nitrogens with one attached hydrogen (secondary N) is 2. The highest BCUT2D eigenvalue weighted by Crippen LogP contribution is 2.21. The number of anilines is 2. The summed E-state index contributed by atoms with van der Waals surface area (Å²) in [6.07, 6.45) is 3.70. The summed E-state index contributed by atoms with van der Waals surface area (Å²) in [4.78, 5) is 15.5. The second kappa shape index (κ2) is 6.08. The van der Waals surface area contributed by atoms with Gasteiger partial charge in [0.1, 0.15) is 11.5 Å². The minimum Gasteiger partial charge on any atom is -0.377 e. The predicted molar refractivity (Wildman–Crippen MR) is 88.0 cm³/mol. The topological polar surface area (TPSA) is 58.4 Å². The van der Waals surface area contributed by atoms with Crippen molar-refractivity contribution in [2.45, 2.75) is 20.4 Å². The largest absolute Gasteiger partial charge is 0.377 e. The summed E-state index contributed by atoms with van der Waals surface area (Å²) in [5.74, 6) is -0.566. The fourth-order valence-corrected chi connectivity index (χ4v) is 2.46. The lowest BCUT2D eigenvalue weighted by Crippen LogP contribution is -2.08. The van der Waals surface area contributed by atoms with E-state index < -0.39 is 0 Å². The van der Waals surface area contributed by atoms with Gasteiger partial charge in [-0.15, -0.1) is 0 Å².